The summed E-state index contributed by atoms with van der Waals surface area (Å²) in [7, 11) is 0. The predicted molar refractivity (Wildman–Crippen MR) is 83.3 cm³/mol. The van der Waals surface area contributed by atoms with E-state index in [0.717, 1.165) is 24.3 Å². The van der Waals surface area contributed by atoms with Crippen LogP contribution in [-0.4, -0.2) is 18.8 Å². The van der Waals surface area contributed by atoms with Crippen molar-refractivity contribution in [2.75, 3.05) is 11.9 Å². The molecule has 2 aromatic rings. The topological polar surface area (TPSA) is 54.9 Å². The van der Waals surface area contributed by atoms with Crippen molar-refractivity contribution in [1.29, 1.82) is 0 Å². The van der Waals surface area contributed by atoms with Gasteiger partial charge < -0.3 is 15.4 Å². The maximum absolute atomic E-state index is 13.7. The second-order valence-corrected chi connectivity index (χ2v) is 5.51. The standard InChI is InChI=1S/C17H15F5N2O2/c1-10(14-7-2-11(18)8-15(14)19)23-9-16(25)24-12-3-5-13(6-4-12)26-17(20,21)22/h2-8,10,23H,9H2,1H3,(H,24,25)/p+1/t10-/m0/s1. The highest BCUT2D eigenvalue weighted by molar-refractivity contribution is 5.91. The summed E-state index contributed by atoms with van der Waals surface area (Å²) in [4.78, 5) is 11.9. The molecule has 2 rings (SSSR count). The number of hydrogen-bond acceptors (Lipinski definition) is 2. The Kier molecular flexibility index (Phi) is 6.14. The van der Waals surface area contributed by atoms with Crippen LogP contribution in [-0.2, 0) is 4.79 Å². The fraction of sp³-hybridized carbons (Fsp3) is 0.235. The van der Waals surface area contributed by atoms with Crippen LogP contribution in [0, 0.1) is 11.6 Å². The van der Waals surface area contributed by atoms with Gasteiger partial charge in [-0.2, -0.15) is 0 Å². The van der Waals surface area contributed by atoms with Gasteiger partial charge in [0.1, 0.15) is 23.4 Å². The van der Waals surface area contributed by atoms with E-state index in [9.17, 15) is 26.7 Å². The van der Waals surface area contributed by atoms with E-state index in [2.05, 4.69) is 10.1 Å². The lowest BCUT2D eigenvalue weighted by Crippen LogP contribution is -2.86. The second-order valence-electron chi connectivity index (χ2n) is 5.51. The van der Waals surface area contributed by atoms with Gasteiger partial charge in [0, 0.05) is 17.3 Å². The van der Waals surface area contributed by atoms with Crippen LogP contribution >= 0.6 is 0 Å². The van der Waals surface area contributed by atoms with Crippen molar-refractivity contribution in [3.05, 3.63) is 59.7 Å². The minimum Gasteiger partial charge on any atom is -0.406 e. The van der Waals surface area contributed by atoms with Crippen LogP contribution < -0.4 is 15.4 Å². The van der Waals surface area contributed by atoms with Crippen molar-refractivity contribution in [2.24, 2.45) is 0 Å². The first kappa shape index (κ1) is 19.6. The normalized spacial score (nSPS) is 12.5. The molecule has 0 aliphatic carbocycles. The molecule has 0 aromatic heterocycles. The van der Waals surface area contributed by atoms with Gasteiger partial charge in [-0.3, -0.25) is 4.79 Å². The van der Waals surface area contributed by atoms with Crippen LogP contribution in [0.1, 0.15) is 18.5 Å². The Bertz CT molecular complexity index is 763. The lowest BCUT2D eigenvalue weighted by molar-refractivity contribution is -0.682. The monoisotopic (exact) mass is 375 g/mol. The number of carbonyl (C=O) groups excluding carboxylic acids is 1. The van der Waals surface area contributed by atoms with Crippen molar-refractivity contribution in [3.8, 4) is 5.75 Å². The number of alkyl halides is 3. The van der Waals surface area contributed by atoms with Gasteiger partial charge in [0.25, 0.3) is 5.91 Å². The molecule has 2 aromatic carbocycles. The minimum atomic E-state index is -4.79. The Hall–Kier alpha value is -2.68. The van der Waals surface area contributed by atoms with E-state index in [1.807, 2.05) is 0 Å². The number of amides is 1. The van der Waals surface area contributed by atoms with E-state index in [1.165, 1.54) is 18.2 Å². The number of nitrogens with one attached hydrogen (secondary N) is 1. The summed E-state index contributed by atoms with van der Waals surface area (Å²) in [6.07, 6.45) is -4.79. The lowest BCUT2D eigenvalue weighted by atomic mass is 10.1. The predicted octanol–water partition coefficient (Wildman–Crippen LogP) is 3.13. The van der Waals surface area contributed by atoms with Crippen molar-refractivity contribution >= 4 is 11.6 Å². The third-order valence-corrected chi connectivity index (χ3v) is 3.48. The highest BCUT2D eigenvalue weighted by atomic mass is 19.4. The van der Waals surface area contributed by atoms with Crippen LogP contribution in [0.15, 0.2) is 42.5 Å². The molecule has 0 spiro atoms. The molecule has 9 heteroatoms. The number of rotatable bonds is 6. The maximum atomic E-state index is 13.7. The molecule has 0 bridgehead atoms. The molecule has 0 fully saturated rings. The summed E-state index contributed by atoms with van der Waals surface area (Å²) in [6.45, 7) is 1.60. The first-order valence-electron chi connectivity index (χ1n) is 7.58. The number of benzene rings is 2. The summed E-state index contributed by atoms with van der Waals surface area (Å²) < 4.78 is 66.5. The molecule has 0 radical (unpaired) electrons. The van der Waals surface area contributed by atoms with Crippen molar-refractivity contribution in [3.63, 3.8) is 0 Å². The van der Waals surface area contributed by atoms with Crippen LogP contribution in [0.2, 0.25) is 0 Å². The average Bonchev–Trinajstić information content (AvgIpc) is 2.53. The van der Waals surface area contributed by atoms with Gasteiger partial charge in [0.15, 0.2) is 6.54 Å². The molecule has 26 heavy (non-hydrogen) atoms. The Labute approximate surface area is 146 Å². The summed E-state index contributed by atoms with van der Waals surface area (Å²) in [6, 6.07) is 7.46. The second kappa shape index (κ2) is 8.13. The Morgan fingerprint density at radius 1 is 1.15 bits per heavy atom. The zero-order valence-corrected chi connectivity index (χ0v) is 13.6. The van der Waals surface area contributed by atoms with E-state index in [1.54, 1.807) is 12.2 Å². The number of halogens is 5. The minimum absolute atomic E-state index is 0.0568. The lowest BCUT2D eigenvalue weighted by Gasteiger charge is -2.12. The highest BCUT2D eigenvalue weighted by Crippen LogP contribution is 2.23. The van der Waals surface area contributed by atoms with Crippen LogP contribution in [0.3, 0.4) is 0 Å². The summed E-state index contributed by atoms with van der Waals surface area (Å²) >= 11 is 0. The summed E-state index contributed by atoms with van der Waals surface area (Å²) in [5.74, 6) is -2.21. The largest absolute Gasteiger partial charge is 0.573 e. The average molecular weight is 375 g/mol. The zero-order valence-electron chi connectivity index (χ0n) is 13.6. The molecule has 4 nitrogen and oxygen atoms in total. The highest BCUT2D eigenvalue weighted by Gasteiger charge is 2.31. The van der Waals surface area contributed by atoms with Gasteiger partial charge in [0.05, 0.1) is 0 Å². The molecule has 0 saturated carbocycles. The van der Waals surface area contributed by atoms with Gasteiger partial charge >= 0.3 is 6.36 Å². The fourth-order valence-corrected chi connectivity index (χ4v) is 2.23. The number of hydrogen-bond donors (Lipinski definition) is 2. The number of carbonyl (C=O) groups is 1. The quantitative estimate of drug-likeness (QED) is 0.763. The van der Waals surface area contributed by atoms with E-state index < -0.39 is 35.7 Å². The first-order chi connectivity index (χ1) is 12.1. The number of ether oxygens (including phenoxy) is 1. The molecule has 140 valence electrons. The molecule has 0 heterocycles. The smallest absolute Gasteiger partial charge is 0.406 e. The summed E-state index contributed by atoms with van der Waals surface area (Å²) in [5.41, 5.74) is 0.548. The van der Waals surface area contributed by atoms with E-state index in [0.29, 0.717) is 5.69 Å². The number of anilines is 1. The van der Waals surface area contributed by atoms with Crippen molar-refractivity contribution in [1.82, 2.24) is 0 Å². The molecule has 0 aliphatic rings. The Balaban J connectivity index is 1.86. The molecule has 0 unspecified atom stereocenters. The number of quaternary nitrogens is 1. The summed E-state index contributed by atoms with van der Waals surface area (Å²) in [5, 5.41) is 4.05. The Morgan fingerprint density at radius 3 is 2.38 bits per heavy atom. The van der Waals surface area contributed by atoms with Gasteiger partial charge in [0.2, 0.25) is 0 Å². The van der Waals surface area contributed by atoms with Crippen LogP contribution in [0.5, 0.6) is 5.75 Å². The van der Waals surface area contributed by atoms with Gasteiger partial charge in [-0.15, -0.1) is 13.2 Å². The maximum Gasteiger partial charge on any atom is 0.573 e. The third-order valence-electron chi connectivity index (χ3n) is 3.48. The SMILES string of the molecule is C[C@H]([NH2+]CC(=O)Nc1ccc(OC(F)(F)F)cc1)c1ccc(F)cc1F. The zero-order chi connectivity index (χ0) is 19.3. The molecular weight excluding hydrogens is 359 g/mol. The van der Waals surface area contributed by atoms with Gasteiger partial charge in [-0.05, 0) is 43.3 Å². The molecule has 3 N–H and O–H groups in total. The molecule has 1 amide bonds. The van der Waals surface area contributed by atoms with Gasteiger partial charge in [-0.1, -0.05) is 0 Å². The van der Waals surface area contributed by atoms with E-state index in [-0.39, 0.29) is 12.1 Å². The molecular formula is C17H16F5N2O2+. The van der Waals surface area contributed by atoms with E-state index in [4.69, 9.17) is 0 Å². The van der Waals surface area contributed by atoms with Crippen molar-refractivity contribution in [2.45, 2.75) is 19.3 Å². The van der Waals surface area contributed by atoms with Crippen LogP contribution in [0.25, 0.3) is 0 Å². The molecule has 0 saturated heterocycles. The molecule has 1 atom stereocenters. The third kappa shape index (κ3) is 5.99. The van der Waals surface area contributed by atoms with Gasteiger partial charge in [-0.25, -0.2) is 8.78 Å². The number of nitrogens with two attached hydrogens (primary N) is 1. The molecule has 0 aliphatic heterocycles. The van der Waals surface area contributed by atoms with Crippen molar-refractivity contribution < 1.29 is 36.8 Å². The van der Waals surface area contributed by atoms with E-state index >= 15 is 0 Å². The van der Waals surface area contributed by atoms with Crippen LogP contribution in [0.4, 0.5) is 27.6 Å². The fourth-order valence-electron chi connectivity index (χ4n) is 2.23. The Morgan fingerprint density at radius 2 is 1.81 bits per heavy atom. The first-order valence-corrected chi connectivity index (χ1v) is 7.58.